The van der Waals surface area contributed by atoms with Crippen LogP contribution in [0.4, 0.5) is 51.7 Å². The van der Waals surface area contributed by atoms with Crippen LogP contribution in [0, 0.1) is 34.1 Å². The molecule has 14 heteroatoms. The standard InChI is InChI=1S/C93H82F4N2O8/c1-5-90(56-102-57-90)60-106-76-40-24-66(25-41-76)92(64-20-36-74(37-21-64)104-50-48-100-4)82-14-10-8-12-78(82)80-44-32-70(52-84(80)92)98(72-34-46-86(94)88(96)54-72)68-28-16-62(17-29-68)63-18-30-69(31-19-63)99(73-35-47-87(95)89(97)55-73)71-33-45-81-79-13-9-11-15-83(79)93(85(81)53-71,65-22-38-75(39-23-65)105-51-49-101-7-3)67-26-42-77(43-27-67)107-61-91(6-2)58-103-59-91/h8-47,52-55H,5-7,48-51,56-61H2,1-4H3. The van der Waals surface area contributed by atoms with Crippen molar-refractivity contribution in [2.75, 3.05) is 89.6 Å². The molecule has 2 unspecified atom stereocenters. The Labute approximate surface area is 622 Å². The molecule has 0 saturated carbocycles. The monoisotopic (exact) mass is 1430 g/mol. The molecule has 2 aliphatic carbocycles. The molecule has 0 N–H and O–H groups in total. The van der Waals surface area contributed by atoms with Gasteiger partial charge in [-0.2, -0.15) is 0 Å². The first-order valence-electron chi connectivity index (χ1n) is 36.7. The van der Waals surface area contributed by atoms with Gasteiger partial charge in [0.15, 0.2) is 23.3 Å². The van der Waals surface area contributed by atoms with E-state index in [1.54, 1.807) is 19.2 Å². The summed E-state index contributed by atoms with van der Waals surface area (Å²) in [5.41, 5.74) is 15.9. The van der Waals surface area contributed by atoms with Gasteiger partial charge < -0.3 is 47.7 Å². The van der Waals surface area contributed by atoms with Crippen LogP contribution < -0.4 is 28.7 Å². The summed E-state index contributed by atoms with van der Waals surface area (Å²) in [5.74, 6) is -0.963. The van der Waals surface area contributed by atoms with Crippen LogP contribution in [0.3, 0.4) is 0 Å². The van der Waals surface area contributed by atoms with Gasteiger partial charge in [-0.05, 0) is 219 Å². The second kappa shape index (κ2) is 29.7. The van der Waals surface area contributed by atoms with Gasteiger partial charge in [-0.3, -0.25) is 0 Å². The number of fused-ring (bicyclic) bond motifs is 6. The first-order valence-corrected chi connectivity index (χ1v) is 36.7. The molecule has 0 aromatic heterocycles. The predicted octanol–water partition coefficient (Wildman–Crippen LogP) is 21.6. The Bertz CT molecular complexity index is 5160. The van der Waals surface area contributed by atoms with E-state index in [1.807, 2.05) is 126 Å². The van der Waals surface area contributed by atoms with Crippen LogP contribution in [-0.4, -0.2) is 79.8 Å². The van der Waals surface area contributed by atoms with Crippen LogP contribution in [0.5, 0.6) is 23.0 Å². The molecule has 0 radical (unpaired) electrons. The van der Waals surface area contributed by atoms with Crippen molar-refractivity contribution in [2.24, 2.45) is 10.8 Å². The van der Waals surface area contributed by atoms with Crippen molar-refractivity contribution in [1.29, 1.82) is 0 Å². The van der Waals surface area contributed by atoms with Crippen molar-refractivity contribution >= 4 is 34.1 Å². The number of hydrogen-bond acceptors (Lipinski definition) is 10. The molecule has 16 rings (SSSR count). The third-order valence-electron chi connectivity index (χ3n) is 22.1. The van der Waals surface area contributed by atoms with Gasteiger partial charge in [0.1, 0.15) is 36.2 Å². The Morgan fingerprint density at radius 1 is 0.327 bits per heavy atom. The molecular weight excluding hydrogens is 1350 g/mol. The molecule has 2 aliphatic heterocycles. The van der Waals surface area contributed by atoms with E-state index in [0.717, 1.165) is 114 Å². The Morgan fingerprint density at radius 3 is 1.01 bits per heavy atom. The zero-order chi connectivity index (χ0) is 73.3. The Hall–Kier alpha value is -11.0. The predicted molar refractivity (Wildman–Crippen MR) is 413 cm³/mol. The first-order chi connectivity index (χ1) is 52.4. The molecule has 2 heterocycles. The third kappa shape index (κ3) is 12.9. The SMILES string of the molecule is CCOCCOc1ccc(C2(c3ccc(OCC4(CC)COC4)cc3)c3ccccc3-c3ccc(N(c4ccc(-c5ccc(N(c6ccc(F)c(F)c6)c6ccc7c(c6)C(c6ccc(OCCOC)cc6)(c6ccc(OCC8(CC)COC8)cc6)c6ccccc6-7)cc5)cc4)c4ccc(F)c(F)c4)cc32)cc1. The molecule has 2 saturated heterocycles. The highest BCUT2D eigenvalue weighted by atomic mass is 19.2. The molecule has 12 aromatic rings. The van der Waals surface area contributed by atoms with Crippen molar-refractivity contribution < 1.29 is 55.5 Å². The van der Waals surface area contributed by atoms with Gasteiger partial charge in [-0.25, -0.2) is 17.6 Å². The lowest BCUT2D eigenvalue weighted by molar-refractivity contribution is -0.133. The minimum Gasteiger partial charge on any atom is -0.493 e. The minimum atomic E-state index is -0.986. The fourth-order valence-electron chi connectivity index (χ4n) is 16.0. The summed E-state index contributed by atoms with van der Waals surface area (Å²) in [6, 6.07) is 87.0. The third-order valence-corrected chi connectivity index (χ3v) is 22.1. The van der Waals surface area contributed by atoms with E-state index in [4.69, 9.17) is 37.9 Å². The second-order valence-corrected chi connectivity index (χ2v) is 28.3. The number of hydrogen-bond donors (Lipinski definition) is 0. The summed E-state index contributed by atoms with van der Waals surface area (Å²) >= 11 is 0. The number of halogens is 4. The fraction of sp³-hybridized carbons (Fsp3) is 0.226. The van der Waals surface area contributed by atoms with Crippen LogP contribution in [0.15, 0.2) is 267 Å². The van der Waals surface area contributed by atoms with E-state index in [1.165, 1.54) is 12.1 Å². The summed E-state index contributed by atoms with van der Waals surface area (Å²) in [5, 5.41) is 0. The number of nitrogens with zero attached hydrogens (tertiary/aromatic N) is 2. The molecule has 10 nitrogen and oxygen atoms in total. The smallest absolute Gasteiger partial charge is 0.160 e. The van der Waals surface area contributed by atoms with Crippen molar-refractivity contribution in [2.45, 2.75) is 44.4 Å². The highest BCUT2D eigenvalue weighted by molar-refractivity contribution is 5.92. The van der Waals surface area contributed by atoms with Gasteiger partial charge in [0.2, 0.25) is 0 Å². The van der Waals surface area contributed by atoms with Crippen LogP contribution in [0.1, 0.15) is 78.1 Å². The highest BCUT2D eigenvalue weighted by Gasteiger charge is 2.49. The maximum atomic E-state index is 15.8. The summed E-state index contributed by atoms with van der Waals surface area (Å²) in [7, 11) is 1.65. The van der Waals surface area contributed by atoms with E-state index in [2.05, 4.69) is 135 Å². The van der Waals surface area contributed by atoms with Crippen LogP contribution >= 0.6 is 0 Å². The van der Waals surface area contributed by atoms with Gasteiger partial charge in [-0.15, -0.1) is 0 Å². The number of benzene rings is 12. The van der Waals surface area contributed by atoms with Crippen molar-refractivity contribution in [3.63, 3.8) is 0 Å². The quantitative estimate of drug-likeness (QED) is 0.0349. The van der Waals surface area contributed by atoms with Gasteiger partial charge in [-0.1, -0.05) is 147 Å². The Balaban J connectivity index is 0.769. The van der Waals surface area contributed by atoms with Crippen molar-refractivity contribution in [3.05, 3.63) is 335 Å². The van der Waals surface area contributed by atoms with Crippen molar-refractivity contribution in [3.8, 4) is 56.4 Å². The number of rotatable bonds is 28. The number of anilines is 6. The molecule has 0 bridgehead atoms. The lowest BCUT2D eigenvalue weighted by atomic mass is 9.67. The van der Waals surface area contributed by atoms with Crippen LogP contribution in [0.2, 0.25) is 0 Å². The summed E-state index contributed by atoms with van der Waals surface area (Å²) in [4.78, 5) is 3.91. The molecule has 0 amide bonds. The molecule has 0 spiro atoms. The summed E-state index contributed by atoms with van der Waals surface area (Å²) in [6.45, 7) is 12.4. The average Bonchev–Trinajstić information content (AvgIpc) is 1.55. The van der Waals surface area contributed by atoms with Crippen LogP contribution in [0.25, 0.3) is 33.4 Å². The van der Waals surface area contributed by atoms with Gasteiger partial charge in [0.25, 0.3) is 0 Å². The van der Waals surface area contributed by atoms with Gasteiger partial charge >= 0.3 is 0 Å². The molecule has 4 aliphatic rings. The maximum Gasteiger partial charge on any atom is 0.160 e. The zero-order valence-electron chi connectivity index (χ0n) is 60.3. The fourth-order valence-corrected chi connectivity index (χ4v) is 16.0. The molecule has 2 atom stereocenters. The van der Waals surface area contributed by atoms with Gasteiger partial charge in [0.05, 0.1) is 74.5 Å². The summed E-state index contributed by atoms with van der Waals surface area (Å²) < 4.78 is 109. The zero-order valence-corrected chi connectivity index (χ0v) is 60.3. The molecule has 12 aromatic carbocycles. The lowest BCUT2D eigenvalue weighted by Gasteiger charge is -2.40. The molecule has 2 fully saturated rings. The van der Waals surface area contributed by atoms with E-state index < -0.39 is 34.1 Å². The Morgan fingerprint density at radius 2 is 0.664 bits per heavy atom. The van der Waals surface area contributed by atoms with Crippen LogP contribution in [-0.2, 0) is 29.8 Å². The second-order valence-electron chi connectivity index (χ2n) is 28.3. The summed E-state index contributed by atoms with van der Waals surface area (Å²) in [6.07, 6.45) is 1.90. The first kappa shape index (κ1) is 70.3. The molecular formula is C93H82F4N2O8. The maximum absolute atomic E-state index is 15.8. The largest absolute Gasteiger partial charge is 0.493 e. The molecule has 107 heavy (non-hydrogen) atoms. The van der Waals surface area contributed by atoms with E-state index in [0.29, 0.717) is 118 Å². The van der Waals surface area contributed by atoms with Gasteiger partial charge in [0, 0.05) is 60.0 Å². The number of ether oxygens (including phenoxy) is 8. The lowest BCUT2D eigenvalue weighted by Crippen LogP contribution is -2.46. The average molecular weight is 1430 g/mol. The number of methoxy groups -OCH3 is 1. The normalized spacial score (nSPS) is 16.8. The van der Waals surface area contributed by atoms with E-state index in [-0.39, 0.29) is 10.8 Å². The molecule has 540 valence electrons. The highest BCUT2D eigenvalue weighted by Crippen LogP contribution is 2.60. The topological polar surface area (TPSA) is 80.3 Å². The van der Waals surface area contributed by atoms with Crippen molar-refractivity contribution in [1.82, 2.24) is 0 Å². The minimum absolute atomic E-state index is 0.0123. The van der Waals surface area contributed by atoms with E-state index in [9.17, 15) is 0 Å². The Kier molecular flexibility index (Phi) is 19.5. The van der Waals surface area contributed by atoms with E-state index >= 15 is 17.6 Å².